The van der Waals surface area contributed by atoms with E-state index in [-0.39, 0.29) is 11.5 Å². The lowest BCUT2D eigenvalue weighted by Crippen LogP contribution is -2.50. The highest BCUT2D eigenvalue weighted by Gasteiger charge is 2.59. The summed E-state index contributed by atoms with van der Waals surface area (Å²) in [6.45, 7) is 7.74. The van der Waals surface area contributed by atoms with Gasteiger partial charge in [0.1, 0.15) is 0 Å². The lowest BCUT2D eigenvalue weighted by Gasteiger charge is -2.58. The van der Waals surface area contributed by atoms with Crippen LogP contribution in [0, 0.1) is 28.6 Å². The van der Waals surface area contributed by atoms with Crippen LogP contribution in [0.15, 0.2) is 48.3 Å². The number of allylic oxidation sites excluding steroid dienone is 1. The molecule has 1 N–H and O–H groups in total. The Hall–Kier alpha value is -2.20. The summed E-state index contributed by atoms with van der Waals surface area (Å²) >= 11 is 0. The summed E-state index contributed by atoms with van der Waals surface area (Å²) in [5, 5.41) is 10.3. The first-order chi connectivity index (χ1) is 16.9. The third-order valence-electron chi connectivity index (χ3n) is 10.5. The summed E-state index contributed by atoms with van der Waals surface area (Å²) in [5.41, 5.74) is 5.62. The van der Waals surface area contributed by atoms with E-state index in [1.165, 1.54) is 37.8 Å². The van der Waals surface area contributed by atoms with E-state index >= 15 is 0 Å². The normalized spacial score (nSPS) is 38.2. The smallest absolute Gasteiger partial charge is 0.214 e. The van der Waals surface area contributed by atoms with E-state index in [0.29, 0.717) is 17.9 Å². The molecule has 186 valence electrons. The standard InChI is InChI=1S/C31H40N2O2/c1-4-35-29-17-21(20-6-5-15-32-19-20)16-28(33-29)27-10-9-25-24-8-7-22-18-23(34)11-13-30(22,2)26(24)12-14-31(25,27)3/h5-7,15-17,19,23-27,34H,4,8-14,18H2,1-3H3/t23-,24-,25-,26-,27+,30-,31-/m0/s1. The van der Waals surface area contributed by atoms with E-state index in [1.54, 1.807) is 5.57 Å². The van der Waals surface area contributed by atoms with Crippen molar-refractivity contribution in [2.75, 3.05) is 6.61 Å². The molecule has 2 aromatic rings. The van der Waals surface area contributed by atoms with Gasteiger partial charge >= 0.3 is 0 Å². The third-order valence-corrected chi connectivity index (χ3v) is 10.5. The lowest BCUT2D eigenvalue weighted by molar-refractivity contribution is -0.0412. The molecule has 0 saturated heterocycles. The van der Waals surface area contributed by atoms with Crippen molar-refractivity contribution in [3.05, 3.63) is 54.0 Å². The van der Waals surface area contributed by atoms with Gasteiger partial charge in [0.15, 0.2) is 0 Å². The highest BCUT2D eigenvalue weighted by molar-refractivity contribution is 5.64. The molecule has 3 fully saturated rings. The van der Waals surface area contributed by atoms with Gasteiger partial charge in [0.2, 0.25) is 5.88 Å². The number of nitrogens with zero attached hydrogens (tertiary/aromatic N) is 2. The number of fused-ring (bicyclic) bond motifs is 5. The molecule has 4 aliphatic carbocycles. The molecule has 0 unspecified atom stereocenters. The number of aromatic nitrogens is 2. The summed E-state index contributed by atoms with van der Waals surface area (Å²) in [6, 6.07) is 8.51. The first-order valence-corrected chi connectivity index (χ1v) is 13.8. The molecule has 0 aromatic carbocycles. The van der Waals surface area contributed by atoms with Gasteiger partial charge < -0.3 is 9.84 Å². The molecule has 2 aromatic heterocycles. The molecule has 0 bridgehead atoms. The number of hydrogen-bond acceptors (Lipinski definition) is 4. The van der Waals surface area contributed by atoms with Crippen molar-refractivity contribution in [3.8, 4) is 17.0 Å². The lowest BCUT2D eigenvalue weighted by atomic mass is 9.47. The maximum Gasteiger partial charge on any atom is 0.214 e. The highest BCUT2D eigenvalue weighted by Crippen LogP contribution is 2.68. The van der Waals surface area contributed by atoms with Crippen LogP contribution in [0.4, 0.5) is 0 Å². The predicted molar refractivity (Wildman–Crippen MR) is 139 cm³/mol. The zero-order valence-corrected chi connectivity index (χ0v) is 21.5. The van der Waals surface area contributed by atoms with Crippen LogP contribution in [0.2, 0.25) is 0 Å². The van der Waals surface area contributed by atoms with Crippen molar-refractivity contribution in [1.82, 2.24) is 9.97 Å². The predicted octanol–water partition coefficient (Wildman–Crippen LogP) is 6.95. The fraction of sp³-hybridized carbons (Fsp3) is 0.613. The second-order valence-electron chi connectivity index (χ2n) is 12.1. The number of rotatable bonds is 4. The van der Waals surface area contributed by atoms with Crippen LogP contribution < -0.4 is 4.74 Å². The van der Waals surface area contributed by atoms with Crippen molar-refractivity contribution < 1.29 is 9.84 Å². The van der Waals surface area contributed by atoms with Gasteiger partial charge in [-0.3, -0.25) is 4.98 Å². The topological polar surface area (TPSA) is 55.2 Å². The number of hydrogen-bond donors (Lipinski definition) is 1. The Kier molecular flexibility index (Phi) is 5.79. The average Bonchev–Trinajstić information content (AvgIpc) is 3.22. The molecule has 3 saturated carbocycles. The molecule has 7 atom stereocenters. The van der Waals surface area contributed by atoms with Crippen LogP contribution in [-0.4, -0.2) is 27.8 Å². The van der Waals surface area contributed by atoms with Crippen LogP contribution in [-0.2, 0) is 0 Å². The maximum atomic E-state index is 10.3. The summed E-state index contributed by atoms with van der Waals surface area (Å²) in [4.78, 5) is 9.43. The SMILES string of the molecule is CCOc1cc(-c2cccnc2)cc([C@H]2CC[C@H]3[C@@H]4CC=C5C[C@@H](O)CC[C@]5(C)[C@H]4CC[C@]23C)n1. The Morgan fingerprint density at radius 2 is 1.94 bits per heavy atom. The van der Waals surface area contributed by atoms with E-state index in [2.05, 4.69) is 43.1 Å². The van der Waals surface area contributed by atoms with Gasteiger partial charge in [-0.15, -0.1) is 0 Å². The van der Waals surface area contributed by atoms with Gasteiger partial charge in [0.05, 0.1) is 12.7 Å². The Bertz CT molecular complexity index is 1110. The van der Waals surface area contributed by atoms with Crippen molar-refractivity contribution >= 4 is 0 Å². The molecular weight excluding hydrogens is 432 g/mol. The van der Waals surface area contributed by atoms with Crippen molar-refractivity contribution in [2.45, 2.75) is 84.2 Å². The monoisotopic (exact) mass is 472 g/mol. The van der Waals surface area contributed by atoms with Crippen LogP contribution in [0.3, 0.4) is 0 Å². The van der Waals surface area contributed by atoms with E-state index in [4.69, 9.17) is 9.72 Å². The highest BCUT2D eigenvalue weighted by atomic mass is 16.5. The number of aliphatic hydroxyl groups is 1. The van der Waals surface area contributed by atoms with Gasteiger partial charge in [0.25, 0.3) is 0 Å². The molecular formula is C31H40N2O2. The minimum atomic E-state index is -0.131. The Balaban J connectivity index is 1.33. The zero-order chi connectivity index (χ0) is 24.2. The van der Waals surface area contributed by atoms with Gasteiger partial charge in [-0.2, -0.15) is 0 Å². The van der Waals surface area contributed by atoms with Crippen LogP contribution >= 0.6 is 0 Å². The van der Waals surface area contributed by atoms with E-state index < -0.39 is 0 Å². The largest absolute Gasteiger partial charge is 0.478 e. The first kappa shape index (κ1) is 23.2. The average molecular weight is 473 g/mol. The summed E-state index contributed by atoms with van der Waals surface area (Å²) in [5.74, 6) is 3.47. The molecule has 4 nitrogen and oxygen atoms in total. The van der Waals surface area contributed by atoms with Gasteiger partial charge in [-0.1, -0.05) is 31.6 Å². The Morgan fingerprint density at radius 1 is 1.06 bits per heavy atom. The molecule has 4 aliphatic rings. The summed E-state index contributed by atoms with van der Waals surface area (Å²) in [6.07, 6.45) is 15.5. The molecule has 35 heavy (non-hydrogen) atoms. The van der Waals surface area contributed by atoms with Gasteiger partial charge in [-0.05, 0) is 105 Å². The molecule has 6 rings (SSSR count). The van der Waals surface area contributed by atoms with Crippen LogP contribution in [0.25, 0.3) is 11.1 Å². The fourth-order valence-electron chi connectivity index (χ4n) is 8.75. The van der Waals surface area contributed by atoms with E-state index in [9.17, 15) is 5.11 Å². The van der Waals surface area contributed by atoms with Crippen molar-refractivity contribution in [2.24, 2.45) is 28.6 Å². The zero-order valence-electron chi connectivity index (χ0n) is 21.5. The fourth-order valence-corrected chi connectivity index (χ4v) is 8.75. The minimum absolute atomic E-state index is 0.131. The second kappa shape index (κ2) is 8.73. The maximum absolute atomic E-state index is 10.3. The molecule has 0 spiro atoms. The van der Waals surface area contributed by atoms with Crippen molar-refractivity contribution in [1.29, 1.82) is 0 Å². The third kappa shape index (κ3) is 3.75. The minimum Gasteiger partial charge on any atom is -0.478 e. The number of ether oxygens (including phenoxy) is 1. The molecule has 0 radical (unpaired) electrons. The molecule has 0 aliphatic heterocycles. The number of pyridine rings is 2. The second-order valence-corrected chi connectivity index (χ2v) is 12.1. The van der Waals surface area contributed by atoms with Gasteiger partial charge in [0, 0.05) is 35.6 Å². The van der Waals surface area contributed by atoms with E-state index in [0.717, 1.165) is 54.0 Å². The first-order valence-electron chi connectivity index (χ1n) is 13.8. The number of aliphatic hydroxyl groups excluding tert-OH is 1. The summed E-state index contributed by atoms with van der Waals surface area (Å²) in [7, 11) is 0. The van der Waals surface area contributed by atoms with Crippen LogP contribution in [0.1, 0.15) is 83.7 Å². The van der Waals surface area contributed by atoms with E-state index in [1.807, 2.05) is 25.4 Å². The van der Waals surface area contributed by atoms with Crippen molar-refractivity contribution in [3.63, 3.8) is 0 Å². The Labute approximate surface area is 210 Å². The summed E-state index contributed by atoms with van der Waals surface area (Å²) < 4.78 is 5.94. The molecule has 2 heterocycles. The van der Waals surface area contributed by atoms with Gasteiger partial charge in [-0.25, -0.2) is 4.98 Å². The van der Waals surface area contributed by atoms with Crippen LogP contribution in [0.5, 0.6) is 5.88 Å². The quantitative estimate of drug-likeness (QED) is 0.489. The Morgan fingerprint density at radius 3 is 2.74 bits per heavy atom. The molecule has 4 heteroatoms. The molecule has 0 amide bonds.